The molecule has 0 fully saturated rings. The summed E-state index contributed by atoms with van der Waals surface area (Å²) in [5.74, 6) is -0.786. The van der Waals surface area contributed by atoms with E-state index < -0.39 is 22.8 Å². The number of nitrogens with one attached hydrogen (secondary N) is 2. The van der Waals surface area contributed by atoms with E-state index in [4.69, 9.17) is 5.11 Å². The molecule has 0 aliphatic rings. The molecule has 0 saturated heterocycles. The second-order valence-electron chi connectivity index (χ2n) is 3.65. The number of carbonyl (C=O) groups is 2. The molecule has 1 rings (SSSR count). The van der Waals surface area contributed by atoms with E-state index in [0.717, 1.165) is 0 Å². The maximum Gasteiger partial charge on any atom is 0.337 e. The summed E-state index contributed by atoms with van der Waals surface area (Å²) < 4.78 is 11.4. The van der Waals surface area contributed by atoms with Gasteiger partial charge in [0.15, 0.2) is 0 Å². The van der Waals surface area contributed by atoms with Crippen LogP contribution in [0.4, 0.5) is 10.5 Å². The average molecular weight is 349 g/mol. The molecule has 6 nitrogen and oxygen atoms in total. The third-order valence-corrected chi connectivity index (χ3v) is 3.41. The van der Waals surface area contributed by atoms with E-state index in [1.165, 1.54) is 18.4 Å². The minimum Gasteiger partial charge on any atom is -0.478 e. The Morgan fingerprint density at radius 1 is 1.42 bits per heavy atom. The number of benzene rings is 1. The van der Waals surface area contributed by atoms with Gasteiger partial charge < -0.3 is 15.7 Å². The highest BCUT2D eigenvalue weighted by molar-refractivity contribution is 9.10. The van der Waals surface area contributed by atoms with Crippen molar-refractivity contribution in [3.8, 4) is 0 Å². The van der Waals surface area contributed by atoms with E-state index in [9.17, 15) is 13.8 Å². The first kappa shape index (κ1) is 15.6. The molecule has 0 saturated carbocycles. The fraction of sp³-hybridized carbons (Fsp3) is 0.273. The van der Waals surface area contributed by atoms with Gasteiger partial charge in [0.2, 0.25) is 0 Å². The highest BCUT2D eigenvalue weighted by atomic mass is 79.9. The van der Waals surface area contributed by atoms with Crippen molar-refractivity contribution in [1.82, 2.24) is 5.32 Å². The van der Waals surface area contributed by atoms with E-state index in [1.54, 1.807) is 6.07 Å². The highest BCUT2D eigenvalue weighted by Crippen LogP contribution is 2.20. The van der Waals surface area contributed by atoms with Crippen LogP contribution in [0.5, 0.6) is 0 Å². The second kappa shape index (κ2) is 7.25. The summed E-state index contributed by atoms with van der Waals surface area (Å²) in [5.41, 5.74) is 0.189. The number of urea groups is 1. The van der Waals surface area contributed by atoms with Crippen LogP contribution in [0.3, 0.4) is 0 Å². The smallest absolute Gasteiger partial charge is 0.337 e. The van der Waals surface area contributed by atoms with Gasteiger partial charge in [-0.15, -0.1) is 0 Å². The van der Waals surface area contributed by atoms with E-state index in [0.29, 0.717) is 10.2 Å². The molecule has 0 aliphatic carbocycles. The summed E-state index contributed by atoms with van der Waals surface area (Å²) in [6.45, 7) is 0.258. The third-order valence-electron chi connectivity index (χ3n) is 2.14. The van der Waals surface area contributed by atoms with Crippen molar-refractivity contribution in [1.29, 1.82) is 0 Å². The van der Waals surface area contributed by atoms with Gasteiger partial charge in [-0.05, 0) is 18.2 Å². The molecule has 1 atom stereocenters. The first-order valence-corrected chi connectivity index (χ1v) is 7.80. The van der Waals surface area contributed by atoms with E-state index >= 15 is 0 Å². The average Bonchev–Trinajstić information content (AvgIpc) is 2.30. The number of rotatable bonds is 5. The van der Waals surface area contributed by atoms with Gasteiger partial charge >= 0.3 is 12.0 Å². The van der Waals surface area contributed by atoms with Crippen molar-refractivity contribution in [2.75, 3.05) is 23.9 Å². The van der Waals surface area contributed by atoms with Crippen molar-refractivity contribution in [3.63, 3.8) is 0 Å². The number of aromatic carboxylic acids is 1. The molecule has 1 aromatic carbocycles. The van der Waals surface area contributed by atoms with Gasteiger partial charge in [0.25, 0.3) is 0 Å². The number of hydrogen-bond donors (Lipinski definition) is 3. The lowest BCUT2D eigenvalue weighted by Crippen LogP contribution is -2.32. The number of anilines is 1. The molecule has 1 unspecified atom stereocenters. The molecular weight excluding hydrogens is 336 g/mol. The zero-order valence-corrected chi connectivity index (χ0v) is 12.5. The molecule has 19 heavy (non-hydrogen) atoms. The van der Waals surface area contributed by atoms with Gasteiger partial charge in [0, 0.05) is 33.8 Å². The van der Waals surface area contributed by atoms with Crippen molar-refractivity contribution in [2.24, 2.45) is 0 Å². The fourth-order valence-electron chi connectivity index (χ4n) is 1.28. The maximum absolute atomic E-state index is 11.5. The van der Waals surface area contributed by atoms with E-state index in [2.05, 4.69) is 26.6 Å². The standard InChI is InChI=1S/C11H13BrN2O4S/c1-19(18)5-4-13-11(17)14-9-3-2-7(12)6-8(9)10(15)16/h2-3,6H,4-5H2,1H3,(H,15,16)(H2,13,14,17). The van der Waals surface area contributed by atoms with Crippen LogP contribution in [0.2, 0.25) is 0 Å². The third kappa shape index (κ3) is 5.39. The summed E-state index contributed by atoms with van der Waals surface area (Å²) in [5, 5.41) is 14.0. The minimum absolute atomic E-state index is 0.0106. The summed E-state index contributed by atoms with van der Waals surface area (Å²) in [7, 11) is -0.986. The molecule has 0 aromatic heterocycles. The molecule has 0 radical (unpaired) electrons. The zero-order chi connectivity index (χ0) is 14.4. The van der Waals surface area contributed by atoms with Crippen LogP contribution in [-0.4, -0.2) is 39.9 Å². The van der Waals surface area contributed by atoms with E-state index in [1.807, 2.05) is 0 Å². The Hall–Kier alpha value is -1.41. The SMILES string of the molecule is CS(=O)CCNC(=O)Nc1ccc(Br)cc1C(=O)O. The zero-order valence-electron chi connectivity index (χ0n) is 10.1. The van der Waals surface area contributed by atoms with Crippen LogP contribution >= 0.6 is 15.9 Å². The van der Waals surface area contributed by atoms with Crippen LogP contribution in [0.1, 0.15) is 10.4 Å². The van der Waals surface area contributed by atoms with Crippen molar-refractivity contribution in [2.45, 2.75) is 0 Å². The number of carboxylic acids is 1. The Bertz CT molecular complexity index is 521. The number of carbonyl (C=O) groups excluding carboxylic acids is 1. The Labute approximate surface area is 121 Å². The lowest BCUT2D eigenvalue weighted by molar-refractivity contribution is 0.0698. The van der Waals surface area contributed by atoms with Gasteiger partial charge in [-0.1, -0.05) is 15.9 Å². The molecule has 0 aliphatic heterocycles. The Balaban J connectivity index is 2.68. The number of carboxylic acid groups (broad SMARTS) is 1. The van der Waals surface area contributed by atoms with Crippen LogP contribution < -0.4 is 10.6 Å². The summed E-state index contributed by atoms with van der Waals surface area (Å²) >= 11 is 3.16. The van der Waals surface area contributed by atoms with Gasteiger partial charge in [-0.3, -0.25) is 4.21 Å². The Morgan fingerprint density at radius 2 is 2.11 bits per heavy atom. The largest absolute Gasteiger partial charge is 0.478 e. The minimum atomic E-state index is -1.13. The lowest BCUT2D eigenvalue weighted by atomic mass is 10.2. The molecule has 3 N–H and O–H groups in total. The van der Waals surface area contributed by atoms with Gasteiger partial charge in [0.1, 0.15) is 0 Å². The highest BCUT2D eigenvalue weighted by Gasteiger charge is 2.12. The van der Waals surface area contributed by atoms with Crippen molar-refractivity contribution >= 4 is 44.4 Å². The molecule has 8 heteroatoms. The lowest BCUT2D eigenvalue weighted by Gasteiger charge is -2.09. The number of hydrogen-bond acceptors (Lipinski definition) is 3. The summed E-state index contributed by atoms with van der Waals surface area (Å²) in [6, 6.07) is 3.99. The normalized spacial score (nSPS) is 11.7. The first-order valence-electron chi connectivity index (χ1n) is 5.28. The second-order valence-corrected chi connectivity index (χ2v) is 6.12. The summed E-state index contributed by atoms with van der Waals surface area (Å²) in [6.07, 6.45) is 1.54. The fourth-order valence-corrected chi connectivity index (χ4v) is 2.03. The topological polar surface area (TPSA) is 95.5 Å². The molecule has 104 valence electrons. The van der Waals surface area contributed by atoms with Crippen LogP contribution in [0, 0.1) is 0 Å². The maximum atomic E-state index is 11.5. The summed E-state index contributed by atoms with van der Waals surface area (Å²) in [4.78, 5) is 22.6. The predicted octanol–water partition coefficient (Wildman–Crippen LogP) is 1.65. The van der Waals surface area contributed by atoms with Crippen molar-refractivity contribution < 1.29 is 18.9 Å². The monoisotopic (exact) mass is 348 g/mol. The first-order chi connectivity index (χ1) is 8.90. The molecule has 0 heterocycles. The van der Waals surface area contributed by atoms with Crippen molar-refractivity contribution in [3.05, 3.63) is 28.2 Å². The molecule has 0 spiro atoms. The quantitative estimate of drug-likeness (QED) is 0.753. The number of halogens is 1. The van der Waals surface area contributed by atoms with Crippen LogP contribution in [0.25, 0.3) is 0 Å². The molecule has 0 bridgehead atoms. The van der Waals surface area contributed by atoms with Crippen LogP contribution in [0.15, 0.2) is 22.7 Å². The molecule has 1 aromatic rings. The Morgan fingerprint density at radius 3 is 2.68 bits per heavy atom. The van der Waals surface area contributed by atoms with Gasteiger partial charge in [-0.25, -0.2) is 9.59 Å². The number of amides is 2. The van der Waals surface area contributed by atoms with Gasteiger partial charge in [-0.2, -0.15) is 0 Å². The van der Waals surface area contributed by atoms with E-state index in [-0.39, 0.29) is 17.8 Å². The molecule has 2 amide bonds. The predicted molar refractivity (Wildman–Crippen MR) is 77.1 cm³/mol. The Kier molecular flexibility index (Phi) is 5.97. The van der Waals surface area contributed by atoms with Gasteiger partial charge in [0.05, 0.1) is 11.3 Å². The van der Waals surface area contributed by atoms with Crippen LogP contribution in [-0.2, 0) is 10.8 Å². The molecular formula is C11H13BrN2O4S.